The van der Waals surface area contributed by atoms with Gasteiger partial charge in [0.05, 0.1) is 25.2 Å². The van der Waals surface area contributed by atoms with Crippen molar-refractivity contribution in [2.75, 3.05) is 34.0 Å². The molecule has 0 spiro atoms. The van der Waals surface area contributed by atoms with Crippen LogP contribution in [0.1, 0.15) is 51.7 Å². The van der Waals surface area contributed by atoms with E-state index in [0.29, 0.717) is 37.1 Å². The normalized spacial score (nSPS) is 13.5. The minimum absolute atomic E-state index is 0. The van der Waals surface area contributed by atoms with Crippen LogP contribution in [0.15, 0.2) is 42.7 Å². The zero-order chi connectivity index (χ0) is 27.4. The third-order valence-corrected chi connectivity index (χ3v) is 6.91. The predicted octanol–water partition coefficient (Wildman–Crippen LogP) is 4.34. The summed E-state index contributed by atoms with van der Waals surface area (Å²) in [4.78, 5) is 16.9. The molecule has 2 aromatic rings. The average molecular weight is 589 g/mol. The highest BCUT2D eigenvalue weighted by molar-refractivity contribution is 5.87. The van der Waals surface area contributed by atoms with Crippen LogP contribution in [0, 0.1) is 11.8 Å². The third kappa shape index (κ3) is 11.5. The van der Waals surface area contributed by atoms with Gasteiger partial charge >= 0.3 is 0 Å². The molecule has 0 bridgehead atoms. The number of aliphatic hydroxyl groups is 1. The molecule has 0 aliphatic carbocycles. The van der Waals surface area contributed by atoms with Crippen molar-refractivity contribution in [1.29, 1.82) is 0 Å². The van der Waals surface area contributed by atoms with Crippen molar-refractivity contribution in [3.8, 4) is 11.5 Å². The Labute approximate surface area is 246 Å². The largest absolute Gasteiger partial charge is 0.493 e. The number of amides is 1. The monoisotopic (exact) mass is 587 g/mol. The van der Waals surface area contributed by atoms with E-state index < -0.39 is 17.6 Å². The van der Waals surface area contributed by atoms with Crippen LogP contribution in [0.3, 0.4) is 0 Å². The van der Waals surface area contributed by atoms with Crippen LogP contribution in [0.4, 0.5) is 0 Å². The number of aliphatic hydroxyl groups excluding tert-OH is 1. The van der Waals surface area contributed by atoms with Crippen molar-refractivity contribution in [3.05, 3.63) is 53.9 Å². The van der Waals surface area contributed by atoms with Gasteiger partial charge in [0.2, 0.25) is 5.91 Å². The first-order valence-electron chi connectivity index (χ1n) is 13.0. The van der Waals surface area contributed by atoms with E-state index >= 15 is 0 Å². The number of hydrogen-bond donors (Lipinski definition) is 3. The van der Waals surface area contributed by atoms with Gasteiger partial charge in [-0.25, -0.2) is 0 Å². The average Bonchev–Trinajstić information content (AvgIpc) is 2.89. The number of halogens is 2. The summed E-state index contributed by atoms with van der Waals surface area (Å²) in [7, 11) is 3.30. The number of nitrogens with one attached hydrogen (secondary N) is 1. The Morgan fingerprint density at radius 2 is 1.85 bits per heavy atom. The van der Waals surface area contributed by atoms with E-state index in [2.05, 4.69) is 24.1 Å². The van der Waals surface area contributed by atoms with Crippen LogP contribution in [0.5, 0.6) is 11.5 Å². The van der Waals surface area contributed by atoms with Crippen molar-refractivity contribution in [1.82, 2.24) is 10.3 Å². The maximum absolute atomic E-state index is 12.8. The SMILES string of the molecule is COCCCOc1cc(CC(CC(N)C(O)CNC(=O)C(C)(C)c2cccnc2)C(C)C)ccc1OC.Cl.Cl. The molecule has 222 valence electrons. The van der Waals surface area contributed by atoms with E-state index in [9.17, 15) is 9.90 Å². The summed E-state index contributed by atoms with van der Waals surface area (Å²) in [5, 5.41) is 13.6. The molecule has 0 aliphatic heterocycles. The van der Waals surface area contributed by atoms with E-state index in [0.717, 1.165) is 24.0 Å². The van der Waals surface area contributed by atoms with Gasteiger partial charge in [-0.2, -0.15) is 0 Å². The van der Waals surface area contributed by atoms with E-state index in [-0.39, 0.29) is 43.2 Å². The van der Waals surface area contributed by atoms with Crippen molar-refractivity contribution in [2.24, 2.45) is 17.6 Å². The Morgan fingerprint density at radius 1 is 1.13 bits per heavy atom. The fourth-order valence-electron chi connectivity index (χ4n) is 4.18. The van der Waals surface area contributed by atoms with Crippen LogP contribution in [-0.4, -0.2) is 62.1 Å². The van der Waals surface area contributed by atoms with Crippen LogP contribution >= 0.6 is 24.8 Å². The summed E-state index contributed by atoms with van der Waals surface area (Å²) in [6.07, 6.45) is 4.71. The molecule has 1 amide bonds. The number of carbonyl (C=O) groups excluding carboxylic acids is 1. The van der Waals surface area contributed by atoms with Crippen LogP contribution in [0.2, 0.25) is 0 Å². The fraction of sp³-hybridized carbons (Fsp3) is 0.586. The fourth-order valence-corrected chi connectivity index (χ4v) is 4.18. The summed E-state index contributed by atoms with van der Waals surface area (Å²) >= 11 is 0. The molecule has 39 heavy (non-hydrogen) atoms. The highest BCUT2D eigenvalue weighted by Gasteiger charge is 2.31. The number of ether oxygens (including phenoxy) is 3. The number of carbonyl (C=O) groups is 1. The second-order valence-electron chi connectivity index (χ2n) is 10.4. The lowest BCUT2D eigenvalue weighted by molar-refractivity contribution is -0.126. The second-order valence-corrected chi connectivity index (χ2v) is 10.4. The zero-order valence-electron chi connectivity index (χ0n) is 24.0. The molecule has 0 radical (unpaired) electrons. The molecule has 0 aliphatic rings. The molecule has 8 nitrogen and oxygen atoms in total. The Morgan fingerprint density at radius 3 is 2.44 bits per heavy atom. The van der Waals surface area contributed by atoms with Crippen LogP contribution in [-0.2, 0) is 21.4 Å². The number of pyridine rings is 1. The lowest BCUT2D eigenvalue weighted by Gasteiger charge is -2.29. The van der Waals surface area contributed by atoms with Crippen LogP contribution < -0.4 is 20.5 Å². The number of methoxy groups -OCH3 is 2. The third-order valence-electron chi connectivity index (χ3n) is 6.91. The number of aromatic nitrogens is 1. The molecule has 3 unspecified atom stereocenters. The standard InChI is InChI=1S/C29H45N3O5.2ClH/c1-20(2)22(15-21-10-11-26(36-6)27(16-21)37-14-8-13-35-5)17-24(30)25(33)19-32-28(34)29(3,4)23-9-7-12-31-18-23;;/h7,9-12,16,18,20,22,24-25,33H,8,13-15,17,19,30H2,1-6H3,(H,32,34);2*1H. The summed E-state index contributed by atoms with van der Waals surface area (Å²) in [6.45, 7) is 9.27. The van der Waals surface area contributed by atoms with E-state index in [1.807, 2.05) is 38.1 Å². The van der Waals surface area contributed by atoms with Gasteiger partial charge in [0, 0.05) is 45.1 Å². The van der Waals surface area contributed by atoms with Gasteiger partial charge in [0.25, 0.3) is 0 Å². The summed E-state index contributed by atoms with van der Waals surface area (Å²) in [5.74, 6) is 1.82. The molecule has 3 atom stereocenters. The van der Waals surface area contributed by atoms with Crippen molar-refractivity contribution < 1.29 is 24.1 Å². The summed E-state index contributed by atoms with van der Waals surface area (Å²) < 4.78 is 16.5. The molecule has 0 saturated carbocycles. The first-order valence-corrected chi connectivity index (χ1v) is 13.0. The maximum Gasteiger partial charge on any atom is 0.230 e. The smallest absolute Gasteiger partial charge is 0.230 e. The Bertz CT molecular complexity index is 963. The Kier molecular flexibility index (Phi) is 17.3. The molecule has 10 heteroatoms. The second kappa shape index (κ2) is 18.3. The molecular weight excluding hydrogens is 541 g/mol. The zero-order valence-corrected chi connectivity index (χ0v) is 25.6. The number of nitrogens with two attached hydrogens (primary N) is 1. The van der Waals surface area contributed by atoms with Gasteiger partial charge in [-0.15, -0.1) is 24.8 Å². The quantitative estimate of drug-likeness (QED) is 0.250. The first-order chi connectivity index (χ1) is 17.6. The number of hydrogen-bond acceptors (Lipinski definition) is 7. The van der Waals surface area contributed by atoms with Crippen LogP contribution in [0.25, 0.3) is 0 Å². The summed E-state index contributed by atoms with van der Waals surface area (Å²) in [6, 6.07) is 9.18. The number of rotatable bonds is 16. The van der Waals surface area contributed by atoms with Crippen molar-refractivity contribution in [2.45, 2.75) is 64.5 Å². The first kappa shape index (κ1) is 36.9. The highest BCUT2D eigenvalue weighted by Crippen LogP contribution is 2.31. The molecule has 1 aromatic carbocycles. The van der Waals surface area contributed by atoms with E-state index in [1.54, 1.807) is 32.7 Å². The Hall–Kier alpha value is -2.10. The van der Waals surface area contributed by atoms with Crippen molar-refractivity contribution in [3.63, 3.8) is 0 Å². The van der Waals surface area contributed by atoms with Gasteiger partial charge in [-0.05, 0) is 67.9 Å². The lowest BCUT2D eigenvalue weighted by atomic mass is 9.83. The molecular formula is C29H47Cl2N3O5. The van der Waals surface area contributed by atoms with E-state index in [4.69, 9.17) is 19.9 Å². The number of benzene rings is 1. The summed E-state index contributed by atoms with van der Waals surface area (Å²) in [5.41, 5.74) is 7.58. The molecule has 0 saturated heterocycles. The van der Waals surface area contributed by atoms with Crippen molar-refractivity contribution >= 4 is 30.7 Å². The molecule has 4 N–H and O–H groups in total. The maximum atomic E-state index is 12.8. The van der Waals surface area contributed by atoms with Gasteiger partial charge in [0.15, 0.2) is 11.5 Å². The predicted molar refractivity (Wildman–Crippen MR) is 160 cm³/mol. The lowest BCUT2D eigenvalue weighted by Crippen LogP contribution is -2.48. The van der Waals surface area contributed by atoms with Gasteiger partial charge < -0.3 is 30.4 Å². The van der Waals surface area contributed by atoms with Gasteiger partial charge in [0.1, 0.15) is 0 Å². The Balaban J connectivity index is 0.00000722. The van der Waals surface area contributed by atoms with Gasteiger partial charge in [-0.3, -0.25) is 9.78 Å². The molecule has 1 heterocycles. The number of nitrogens with zero attached hydrogens (tertiary/aromatic N) is 1. The van der Waals surface area contributed by atoms with E-state index in [1.165, 1.54) is 0 Å². The topological polar surface area (TPSA) is 116 Å². The van der Waals surface area contributed by atoms with Gasteiger partial charge in [-0.1, -0.05) is 26.0 Å². The minimum atomic E-state index is -0.856. The highest BCUT2D eigenvalue weighted by atomic mass is 35.5. The molecule has 2 rings (SSSR count). The molecule has 1 aromatic heterocycles. The minimum Gasteiger partial charge on any atom is -0.493 e. The molecule has 0 fully saturated rings.